The summed E-state index contributed by atoms with van der Waals surface area (Å²) in [6.07, 6.45) is 4.05. The van der Waals surface area contributed by atoms with Crippen molar-refractivity contribution in [3.63, 3.8) is 0 Å². The SMILES string of the molecule is O=C(CCCO)N1CCN(C(=O)c2cccnc2)CC1. The number of rotatable bonds is 4. The fourth-order valence-corrected chi connectivity index (χ4v) is 2.22. The molecule has 6 heteroatoms. The summed E-state index contributed by atoms with van der Waals surface area (Å²) in [4.78, 5) is 31.4. The van der Waals surface area contributed by atoms with Crippen LogP contribution in [0.25, 0.3) is 0 Å². The molecule has 0 atom stereocenters. The number of carbonyl (C=O) groups excluding carboxylic acids is 2. The predicted molar refractivity (Wildman–Crippen MR) is 73.0 cm³/mol. The molecule has 0 radical (unpaired) electrons. The third-order valence-corrected chi connectivity index (χ3v) is 3.38. The van der Waals surface area contributed by atoms with Crippen molar-refractivity contribution in [1.82, 2.24) is 14.8 Å². The van der Waals surface area contributed by atoms with Gasteiger partial charge in [0.1, 0.15) is 0 Å². The average Bonchev–Trinajstić information content (AvgIpc) is 2.53. The quantitative estimate of drug-likeness (QED) is 0.849. The Hall–Kier alpha value is -1.95. The number of aliphatic hydroxyl groups excluding tert-OH is 1. The predicted octanol–water partition coefficient (Wildman–Crippen LogP) is 0.138. The molecule has 1 aromatic heterocycles. The van der Waals surface area contributed by atoms with Gasteiger partial charge >= 0.3 is 0 Å². The van der Waals surface area contributed by atoms with Crippen LogP contribution in [-0.4, -0.2) is 64.5 Å². The molecular formula is C14H19N3O3. The Morgan fingerprint density at radius 3 is 2.50 bits per heavy atom. The maximum atomic E-state index is 12.2. The molecule has 20 heavy (non-hydrogen) atoms. The lowest BCUT2D eigenvalue weighted by Crippen LogP contribution is -2.50. The number of aliphatic hydroxyl groups is 1. The molecule has 0 unspecified atom stereocenters. The van der Waals surface area contributed by atoms with Crippen LogP contribution < -0.4 is 0 Å². The van der Waals surface area contributed by atoms with E-state index in [-0.39, 0.29) is 18.4 Å². The third-order valence-electron chi connectivity index (χ3n) is 3.38. The maximum Gasteiger partial charge on any atom is 0.255 e. The first-order valence-corrected chi connectivity index (χ1v) is 6.80. The Kier molecular flexibility index (Phi) is 5.06. The van der Waals surface area contributed by atoms with E-state index in [0.717, 1.165) is 0 Å². The molecule has 0 saturated carbocycles. The van der Waals surface area contributed by atoms with Gasteiger partial charge in [-0.25, -0.2) is 0 Å². The first-order valence-electron chi connectivity index (χ1n) is 6.80. The standard InChI is InChI=1S/C14H19N3O3/c18-10-2-4-13(19)16-6-8-17(9-7-16)14(20)12-3-1-5-15-11-12/h1,3,5,11,18H,2,4,6-10H2. The van der Waals surface area contributed by atoms with Gasteiger partial charge in [-0.3, -0.25) is 14.6 Å². The number of hydrogen-bond acceptors (Lipinski definition) is 4. The van der Waals surface area contributed by atoms with Gasteiger partial charge in [0.25, 0.3) is 5.91 Å². The maximum absolute atomic E-state index is 12.2. The van der Waals surface area contributed by atoms with Gasteiger partial charge in [0.2, 0.25) is 5.91 Å². The van der Waals surface area contributed by atoms with Crippen LogP contribution in [0.1, 0.15) is 23.2 Å². The van der Waals surface area contributed by atoms with Crippen molar-refractivity contribution in [1.29, 1.82) is 0 Å². The number of nitrogens with zero attached hydrogens (tertiary/aromatic N) is 3. The van der Waals surface area contributed by atoms with Crippen LogP contribution in [0, 0.1) is 0 Å². The normalized spacial score (nSPS) is 15.2. The second-order valence-corrected chi connectivity index (χ2v) is 4.74. The summed E-state index contributed by atoms with van der Waals surface area (Å²) in [6.45, 7) is 2.22. The molecule has 0 aromatic carbocycles. The van der Waals surface area contributed by atoms with E-state index in [1.807, 2.05) is 0 Å². The summed E-state index contributed by atoms with van der Waals surface area (Å²) in [5.41, 5.74) is 0.576. The molecule has 2 amide bonds. The number of pyridine rings is 1. The van der Waals surface area contributed by atoms with Gasteiger partial charge in [0.05, 0.1) is 5.56 Å². The van der Waals surface area contributed by atoms with Gasteiger partial charge in [0, 0.05) is 51.6 Å². The van der Waals surface area contributed by atoms with Gasteiger partial charge in [-0.05, 0) is 18.6 Å². The van der Waals surface area contributed by atoms with Crippen molar-refractivity contribution < 1.29 is 14.7 Å². The minimum absolute atomic E-state index is 0.0329. The number of piperazine rings is 1. The molecule has 1 fully saturated rings. The van der Waals surface area contributed by atoms with Gasteiger partial charge in [-0.2, -0.15) is 0 Å². The minimum atomic E-state index is -0.0412. The summed E-state index contributed by atoms with van der Waals surface area (Å²) in [7, 11) is 0. The molecule has 108 valence electrons. The number of amides is 2. The Morgan fingerprint density at radius 1 is 1.20 bits per heavy atom. The second kappa shape index (κ2) is 7.00. The highest BCUT2D eigenvalue weighted by atomic mass is 16.3. The minimum Gasteiger partial charge on any atom is -0.396 e. The largest absolute Gasteiger partial charge is 0.396 e. The van der Waals surface area contributed by atoms with E-state index in [4.69, 9.17) is 5.11 Å². The Labute approximate surface area is 118 Å². The molecule has 0 spiro atoms. The highest BCUT2D eigenvalue weighted by molar-refractivity contribution is 5.94. The Balaban J connectivity index is 1.85. The fraction of sp³-hybridized carbons (Fsp3) is 0.500. The smallest absolute Gasteiger partial charge is 0.255 e. The zero-order valence-electron chi connectivity index (χ0n) is 11.4. The summed E-state index contributed by atoms with van der Waals surface area (Å²) in [6, 6.07) is 3.48. The zero-order chi connectivity index (χ0) is 14.4. The molecular weight excluding hydrogens is 258 g/mol. The van der Waals surface area contributed by atoms with Crippen molar-refractivity contribution in [2.24, 2.45) is 0 Å². The lowest BCUT2D eigenvalue weighted by Gasteiger charge is -2.34. The Morgan fingerprint density at radius 2 is 1.90 bits per heavy atom. The molecule has 1 aliphatic heterocycles. The highest BCUT2D eigenvalue weighted by Gasteiger charge is 2.24. The summed E-state index contributed by atoms with van der Waals surface area (Å²) >= 11 is 0. The Bertz CT molecular complexity index is 456. The topological polar surface area (TPSA) is 73.7 Å². The van der Waals surface area contributed by atoms with Crippen LogP contribution in [0.5, 0.6) is 0 Å². The number of hydrogen-bond donors (Lipinski definition) is 1. The molecule has 6 nitrogen and oxygen atoms in total. The lowest BCUT2D eigenvalue weighted by molar-refractivity contribution is -0.132. The third kappa shape index (κ3) is 3.54. The van der Waals surface area contributed by atoms with Gasteiger partial charge in [0.15, 0.2) is 0 Å². The zero-order valence-corrected chi connectivity index (χ0v) is 11.4. The van der Waals surface area contributed by atoms with E-state index in [1.165, 1.54) is 0 Å². The lowest BCUT2D eigenvalue weighted by atomic mass is 10.2. The van der Waals surface area contributed by atoms with Gasteiger partial charge < -0.3 is 14.9 Å². The van der Waals surface area contributed by atoms with E-state index in [2.05, 4.69) is 4.98 Å². The monoisotopic (exact) mass is 277 g/mol. The fourth-order valence-electron chi connectivity index (χ4n) is 2.22. The highest BCUT2D eigenvalue weighted by Crippen LogP contribution is 2.09. The van der Waals surface area contributed by atoms with E-state index in [9.17, 15) is 9.59 Å². The summed E-state index contributed by atoms with van der Waals surface area (Å²) in [5.74, 6) is 0.00749. The molecule has 2 rings (SSSR count). The van der Waals surface area contributed by atoms with Crippen LogP contribution in [0.2, 0.25) is 0 Å². The number of aromatic nitrogens is 1. The van der Waals surface area contributed by atoms with Crippen molar-refractivity contribution in [2.75, 3.05) is 32.8 Å². The van der Waals surface area contributed by atoms with Crippen molar-refractivity contribution in [3.05, 3.63) is 30.1 Å². The van der Waals surface area contributed by atoms with Crippen LogP contribution in [-0.2, 0) is 4.79 Å². The van der Waals surface area contributed by atoms with Crippen LogP contribution in [0.15, 0.2) is 24.5 Å². The molecule has 0 aliphatic carbocycles. The first-order chi connectivity index (χ1) is 9.72. The van der Waals surface area contributed by atoms with Crippen LogP contribution in [0.3, 0.4) is 0 Å². The van der Waals surface area contributed by atoms with Gasteiger partial charge in [-0.1, -0.05) is 0 Å². The molecule has 1 saturated heterocycles. The summed E-state index contributed by atoms with van der Waals surface area (Å²) in [5, 5.41) is 8.72. The van der Waals surface area contributed by atoms with Crippen molar-refractivity contribution in [3.8, 4) is 0 Å². The molecule has 2 heterocycles. The molecule has 0 bridgehead atoms. The first kappa shape index (κ1) is 14.5. The van der Waals surface area contributed by atoms with Crippen LogP contribution in [0.4, 0.5) is 0 Å². The molecule has 1 aromatic rings. The van der Waals surface area contributed by atoms with E-state index >= 15 is 0 Å². The van der Waals surface area contributed by atoms with E-state index in [1.54, 1.807) is 34.3 Å². The van der Waals surface area contributed by atoms with Crippen LogP contribution >= 0.6 is 0 Å². The second-order valence-electron chi connectivity index (χ2n) is 4.74. The van der Waals surface area contributed by atoms with E-state index < -0.39 is 0 Å². The molecule has 1 N–H and O–H groups in total. The van der Waals surface area contributed by atoms with E-state index in [0.29, 0.717) is 44.6 Å². The van der Waals surface area contributed by atoms with Gasteiger partial charge in [-0.15, -0.1) is 0 Å². The average molecular weight is 277 g/mol. The van der Waals surface area contributed by atoms with Crippen molar-refractivity contribution >= 4 is 11.8 Å². The molecule has 1 aliphatic rings. The number of carbonyl (C=O) groups is 2. The summed E-state index contributed by atoms with van der Waals surface area (Å²) < 4.78 is 0. The van der Waals surface area contributed by atoms with Crippen molar-refractivity contribution in [2.45, 2.75) is 12.8 Å².